The third kappa shape index (κ3) is 3.61. The van der Waals surface area contributed by atoms with Crippen molar-refractivity contribution in [3.05, 3.63) is 65.2 Å². The molecule has 3 rings (SSSR count). The number of amides is 1. The summed E-state index contributed by atoms with van der Waals surface area (Å²) in [5.41, 5.74) is 1.53. The van der Waals surface area contributed by atoms with Crippen molar-refractivity contribution in [3.8, 4) is 0 Å². The molecule has 0 N–H and O–H groups in total. The van der Waals surface area contributed by atoms with E-state index in [4.69, 9.17) is 0 Å². The molecule has 8 heteroatoms. The van der Waals surface area contributed by atoms with Crippen molar-refractivity contribution in [2.45, 2.75) is 11.8 Å². The number of nitrogens with zero attached hydrogens (tertiary/aromatic N) is 2. The van der Waals surface area contributed by atoms with Crippen molar-refractivity contribution in [2.24, 2.45) is 0 Å². The van der Waals surface area contributed by atoms with E-state index in [-0.39, 0.29) is 37.0 Å². The largest absolute Gasteiger partial charge is 0.336 e. The molecule has 0 atom stereocenters. The zero-order chi connectivity index (χ0) is 18.9. The lowest BCUT2D eigenvalue weighted by atomic mass is 10.1. The van der Waals surface area contributed by atoms with Crippen LogP contribution in [0.15, 0.2) is 47.4 Å². The van der Waals surface area contributed by atoms with Crippen LogP contribution in [0.4, 0.5) is 8.78 Å². The van der Waals surface area contributed by atoms with E-state index in [9.17, 15) is 22.0 Å². The Labute approximate surface area is 150 Å². The van der Waals surface area contributed by atoms with Crippen LogP contribution < -0.4 is 0 Å². The Balaban J connectivity index is 1.71. The summed E-state index contributed by atoms with van der Waals surface area (Å²) in [6.45, 7) is 2.55. The number of benzene rings is 2. The van der Waals surface area contributed by atoms with Gasteiger partial charge in [0.25, 0.3) is 5.91 Å². The van der Waals surface area contributed by atoms with Gasteiger partial charge < -0.3 is 4.90 Å². The van der Waals surface area contributed by atoms with Crippen molar-refractivity contribution >= 4 is 15.9 Å². The second-order valence-electron chi connectivity index (χ2n) is 6.14. The van der Waals surface area contributed by atoms with E-state index < -0.39 is 21.7 Å². The standard InChI is InChI=1S/C18H18F2N2O3S/c1-13-3-2-4-14(11-13)18(23)21-7-9-22(10-8-21)26(24,25)15-5-6-16(19)17(20)12-15/h2-6,11-12H,7-10H2,1H3. The van der Waals surface area contributed by atoms with Crippen LogP contribution in [0.3, 0.4) is 0 Å². The minimum absolute atomic E-state index is 0.0961. The summed E-state index contributed by atoms with van der Waals surface area (Å²) in [4.78, 5) is 13.8. The monoisotopic (exact) mass is 380 g/mol. The van der Waals surface area contributed by atoms with Gasteiger partial charge in [0.1, 0.15) is 0 Å². The van der Waals surface area contributed by atoms with Gasteiger partial charge in [-0.05, 0) is 37.3 Å². The quantitative estimate of drug-likeness (QED) is 0.822. The number of carbonyl (C=O) groups is 1. The summed E-state index contributed by atoms with van der Waals surface area (Å²) in [7, 11) is -3.93. The van der Waals surface area contributed by atoms with Gasteiger partial charge in [-0.2, -0.15) is 4.31 Å². The van der Waals surface area contributed by atoms with E-state index in [0.29, 0.717) is 11.6 Å². The van der Waals surface area contributed by atoms with Crippen LogP contribution in [-0.2, 0) is 10.0 Å². The van der Waals surface area contributed by atoms with Crippen molar-refractivity contribution < 1.29 is 22.0 Å². The molecule has 138 valence electrons. The van der Waals surface area contributed by atoms with E-state index in [0.717, 1.165) is 17.7 Å². The molecule has 1 aliphatic rings. The van der Waals surface area contributed by atoms with E-state index in [1.807, 2.05) is 13.0 Å². The Morgan fingerprint density at radius 1 is 0.962 bits per heavy atom. The number of rotatable bonds is 3. The molecule has 0 aliphatic carbocycles. The smallest absolute Gasteiger partial charge is 0.253 e. The molecule has 0 saturated carbocycles. The molecule has 0 radical (unpaired) electrons. The molecule has 5 nitrogen and oxygen atoms in total. The molecule has 1 aliphatic heterocycles. The number of hydrogen-bond acceptors (Lipinski definition) is 3. The van der Waals surface area contributed by atoms with Gasteiger partial charge in [0.15, 0.2) is 11.6 Å². The third-order valence-electron chi connectivity index (χ3n) is 4.32. The average Bonchev–Trinajstić information content (AvgIpc) is 2.63. The van der Waals surface area contributed by atoms with Crippen LogP contribution >= 0.6 is 0 Å². The van der Waals surface area contributed by atoms with Crippen molar-refractivity contribution in [1.82, 2.24) is 9.21 Å². The van der Waals surface area contributed by atoms with Gasteiger partial charge in [-0.3, -0.25) is 4.79 Å². The fourth-order valence-corrected chi connectivity index (χ4v) is 4.31. The highest BCUT2D eigenvalue weighted by molar-refractivity contribution is 7.89. The average molecular weight is 380 g/mol. The van der Waals surface area contributed by atoms with E-state index in [1.54, 1.807) is 23.1 Å². The number of sulfonamides is 1. The van der Waals surface area contributed by atoms with Gasteiger partial charge in [0, 0.05) is 31.7 Å². The number of hydrogen-bond donors (Lipinski definition) is 0. The number of carbonyl (C=O) groups excluding carboxylic acids is 1. The summed E-state index contributed by atoms with van der Waals surface area (Å²) in [5, 5.41) is 0. The summed E-state index contributed by atoms with van der Waals surface area (Å²) >= 11 is 0. The second kappa shape index (κ2) is 7.13. The number of halogens is 2. The molecule has 1 amide bonds. The van der Waals surface area contributed by atoms with Crippen LogP contribution in [-0.4, -0.2) is 49.7 Å². The summed E-state index contributed by atoms with van der Waals surface area (Å²) < 4.78 is 52.7. The molecule has 2 aromatic carbocycles. The maximum absolute atomic E-state index is 13.4. The number of piperazine rings is 1. The first-order chi connectivity index (χ1) is 12.3. The Bertz CT molecular complexity index is 939. The molecule has 2 aromatic rings. The zero-order valence-electron chi connectivity index (χ0n) is 14.2. The molecular formula is C18H18F2N2O3S. The fourth-order valence-electron chi connectivity index (χ4n) is 2.88. The molecule has 0 bridgehead atoms. The SMILES string of the molecule is Cc1cccc(C(=O)N2CCN(S(=O)(=O)c3ccc(F)c(F)c3)CC2)c1. The van der Waals surface area contributed by atoms with Gasteiger partial charge in [-0.25, -0.2) is 17.2 Å². The highest BCUT2D eigenvalue weighted by Gasteiger charge is 2.31. The van der Waals surface area contributed by atoms with Crippen LogP contribution in [0.1, 0.15) is 15.9 Å². The van der Waals surface area contributed by atoms with Crippen LogP contribution in [0.2, 0.25) is 0 Å². The topological polar surface area (TPSA) is 57.7 Å². The maximum Gasteiger partial charge on any atom is 0.253 e. The molecule has 0 unspecified atom stereocenters. The lowest BCUT2D eigenvalue weighted by Crippen LogP contribution is -2.50. The van der Waals surface area contributed by atoms with Gasteiger partial charge in [-0.1, -0.05) is 17.7 Å². The minimum atomic E-state index is -3.93. The Morgan fingerprint density at radius 3 is 2.27 bits per heavy atom. The first-order valence-electron chi connectivity index (χ1n) is 8.10. The molecule has 1 fully saturated rings. The highest BCUT2D eigenvalue weighted by Crippen LogP contribution is 2.20. The van der Waals surface area contributed by atoms with Gasteiger partial charge in [-0.15, -0.1) is 0 Å². The highest BCUT2D eigenvalue weighted by atomic mass is 32.2. The van der Waals surface area contributed by atoms with E-state index in [1.165, 1.54) is 4.31 Å². The minimum Gasteiger partial charge on any atom is -0.336 e. The van der Waals surface area contributed by atoms with E-state index >= 15 is 0 Å². The van der Waals surface area contributed by atoms with E-state index in [2.05, 4.69) is 0 Å². The second-order valence-corrected chi connectivity index (χ2v) is 8.08. The summed E-state index contributed by atoms with van der Waals surface area (Å²) in [6.07, 6.45) is 0. The zero-order valence-corrected chi connectivity index (χ0v) is 15.0. The fraction of sp³-hybridized carbons (Fsp3) is 0.278. The lowest BCUT2D eigenvalue weighted by molar-refractivity contribution is 0.0698. The van der Waals surface area contributed by atoms with Crippen molar-refractivity contribution in [2.75, 3.05) is 26.2 Å². The lowest BCUT2D eigenvalue weighted by Gasteiger charge is -2.34. The van der Waals surface area contributed by atoms with Crippen molar-refractivity contribution in [1.29, 1.82) is 0 Å². The Morgan fingerprint density at radius 2 is 1.65 bits per heavy atom. The Hall–Kier alpha value is -2.32. The van der Waals surface area contributed by atoms with Gasteiger partial charge in [0.2, 0.25) is 10.0 Å². The van der Waals surface area contributed by atoms with Gasteiger partial charge >= 0.3 is 0 Å². The van der Waals surface area contributed by atoms with Gasteiger partial charge in [0.05, 0.1) is 4.90 Å². The molecule has 26 heavy (non-hydrogen) atoms. The Kier molecular flexibility index (Phi) is 5.06. The summed E-state index contributed by atoms with van der Waals surface area (Å²) in [6, 6.07) is 9.70. The first-order valence-corrected chi connectivity index (χ1v) is 9.54. The summed E-state index contributed by atoms with van der Waals surface area (Å²) in [5.74, 6) is -2.46. The normalized spacial score (nSPS) is 15.9. The molecular weight excluding hydrogens is 362 g/mol. The molecule has 0 spiro atoms. The molecule has 1 saturated heterocycles. The molecule has 0 aromatic heterocycles. The predicted molar refractivity (Wildman–Crippen MR) is 92.2 cm³/mol. The number of aryl methyl sites for hydroxylation is 1. The predicted octanol–water partition coefficient (Wildman–Crippen LogP) is 2.42. The maximum atomic E-state index is 13.4. The van der Waals surface area contributed by atoms with Crippen LogP contribution in [0.5, 0.6) is 0 Å². The van der Waals surface area contributed by atoms with Crippen molar-refractivity contribution in [3.63, 3.8) is 0 Å². The third-order valence-corrected chi connectivity index (χ3v) is 6.21. The first kappa shape index (κ1) is 18.5. The van der Waals surface area contributed by atoms with Crippen LogP contribution in [0.25, 0.3) is 0 Å². The van der Waals surface area contributed by atoms with Crippen LogP contribution in [0, 0.1) is 18.6 Å². The molecule has 1 heterocycles.